The van der Waals surface area contributed by atoms with E-state index in [1.807, 2.05) is 6.92 Å². The Morgan fingerprint density at radius 3 is 2.59 bits per heavy atom. The predicted molar refractivity (Wildman–Crippen MR) is 83.1 cm³/mol. The number of hydrogen-bond donors (Lipinski definition) is 1. The highest BCUT2D eigenvalue weighted by atomic mass is 19.1. The first kappa shape index (κ1) is 15.1. The van der Waals surface area contributed by atoms with Crippen molar-refractivity contribution < 1.29 is 14.3 Å². The van der Waals surface area contributed by atoms with Crippen LogP contribution >= 0.6 is 0 Å². The predicted octanol–water partition coefficient (Wildman–Crippen LogP) is 4.05. The quantitative estimate of drug-likeness (QED) is 0.733. The third-order valence-corrected chi connectivity index (χ3v) is 8.02. The zero-order valence-electron chi connectivity index (χ0n) is 13.9. The number of ketones is 1. The molecule has 0 aromatic rings. The fourth-order valence-electron chi connectivity index (χ4n) is 6.75. The highest BCUT2D eigenvalue weighted by molar-refractivity contribution is 5.87. The number of halogens is 1. The molecule has 22 heavy (non-hydrogen) atoms. The first-order chi connectivity index (χ1) is 10.3. The minimum Gasteiger partial charge on any atom is -0.390 e. The van der Waals surface area contributed by atoms with E-state index in [4.69, 9.17) is 0 Å². The molecule has 124 valence electrons. The summed E-state index contributed by atoms with van der Waals surface area (Å²) in [6, 6.07) is 0. The van der Waals surface area contributed by atoms with Crippen LogP contribution in [0.4, 0.5) is 4.39 Å². The molecule has 0 aromatic carbocycles. The van der Waals surface area contributed by atoms with Gasteiger partial charge in [0.15, 0.2) is 0 Å². The second-order valence-corrected chi connectivity index (χ2v) is 9.20. The van der Waals surface area contributed by atoms with E-state index in [-0.39, 0.29) is 17.3 Å². The summed E-state index contributed by atoms with van der Waals surface area (Å²) in [7, 11) is 0. The maximum Gasteiger partial charge on any atom is 0.139 e. The molecule has 0 radical (unpaired) electrons. The van der Waals surface area contributed by atoms with E-state index in [1.165, 1.54) is 0 Å². The highest BCUT2D eigenvalue weighted by Gasteiger charge is 2.63. The Balaban J connectivity index is 1.63. The summed E-state index contributed by atoms with van der Waals surface area (Å²) < 4.78 is 16.0. The fourth-order valence-corrected chi connectivity index (χ4v) is 6.75. The third-order valence-electron chi connectivity index (χ3n) is 8.02. The van der Waals surface area contributed by atoms with Gasteiger partial charge >= 0.3 is 0 Å². The standard InChI is InChI=1S/C19H29FO2/c1-17(22)9-10-19(20)12(11-17)3-4-13-14-5-6-16(21)18(14,2)8-7-15(13)19/h12-15,22H,3-11H2,1-2H3/t12-,13+,14+,15?,17-,18+,19-/m1/s1. The van der Waals surface area contributed by atoms with Crippen molar-refractivity contribution in [3.05, 3.63) is 0 Å². The van der Waals surface area contributed by atoms with Crippen LogP contribution in [0.15, 0.2) is 0 Å². The van der Waals surface area contributed by atoms with Gasteiger partial charge in [0.05, 0.1) is 5.60 Å². The molecule has 0 heterocycles. The molecule has 0 bridgehead atoms. The molecule has 4 saturated carbocycles. The van der Waals surface area contributed by atoms with Gasteiger partial charge < -0.3 is 5.11 Å². The number of carbonyl (C=O) groups is 1. The lowest BCUT2D eigenvalue weighted by molar-refractivity contribution is -0.164. The van der Waals surface area contributed by atoms with Crippen LogP contribution in [0.25, 0.3) is 0 Å². The molecule has 3 heteroatoms. The van der Waals surface area contributed by atoms with E-state index in [0.717, 1.165) is 32.1 Å². The average molecular weight is 308 g/mol. The topological polar surface area (TPSA) is 37.3 Å². The summed E-state index contributed by atoms with van der Waals surface area (Å²) in [6.45, 7) is 4.01. The van der Waals surface area contributed by atoms with Gasteiger partial charge in [0.2, 0.25) is 0 Å². The Labute approximate surface area is 132 Å². The lowest BCUT2D eigenvalue weighted by Crippen LogP contribution is -2.58. The van der Waals surface area contributed by atoms with Crippen molar-refractivity contribution >= 4 is 5.78 Å². The van der Waals surface area contributed by atoms with E-state index in [9.17, 15) is 9.90 Å². The lowest BCUT2D eigenvalue weighted by Gasteiger charge is -2.58. The maximum absolute atomic E-state index is 16.0. The molecule has 4 fully saturated rings. The number of hydrogen-bond acceptors (Lipinski definition) is 2. The van der Waals surface area contributed by atoms with Crippen molar-refractivity contribution in [3.63, 3.8) is 0 Å². The molecular formula is C19H29FO2. The largest absolute Gasteiger partial charge is 0.390 e. The maximum atomic E-state index is 16.0. The second-order valence-electron chi connectivity index (χ2n) is 9.20. The first-order valence-corrected chi connectivity index (χ1v) is 9.21. The minimum absolute atomic E-state index is 0.0268. The fraction of sp³-hybridized carbons (Fsp3) is 0.947. The summed E-state index contributed by atoms with van der Waals surface area (Å²) >= 11 is 0. The Bertz CT molecular complexity index is 502. The molecule has 0 saturated heterocycles. The summed E-state index contributed by atoms with van der Waals surface area (Å²) in [5, 5.41) is 10.3. The Morgan fingerprint density at radius 1 is 1.05 bits per heavy atom. The number of fused-ring (bicyclic) bond motifs is 5. The minimum atomic E-state index is -1.09. The molecule has 4 rings (SSSR count). The average Bonchev–Trinajstić information content (AvgIpc) is 2.76. The van der Waals surface area contributed by atoms with Crippen LogP contribution < -0.4 is 0 Å². The van der Waals surface area contributed by atoms with Gasteiger partial charge in [-0.2, -0.15) is 0 Å². The first-order valence-electron chi connectivity index (χ1n) is 9.21. The molecule has 4 aliphatic rings. The van der Waals surface area contributed by atoms with Gasteiger partial charge in [-0.1, -0.05) is 6.92 Å². The van der Waals surface area contributed by atoms with E-state index in [0.29, 0.717) is 43.3 Å². The summed E-state index contributed by atoms with van der Waals surface area (Å²) in [4.78, 5) is 12.3. The number of rotatable bonds is 0. The molecule has 7 atom stereocenters. The van der Waals surface area contributed by atoms with Gasteiger partial charge in [0.1, 0.15) is 11.5 Å². The van der Waals surface area contributed by atoms with Crippen LogP contribution in [-0.4, -0.2) is 22.2 Å². The van der Waals surface area contributed by atoms with Crippen LogP contribution in [0.2, 0.25) is 0 Å². The van der Waals surface area contributed by atoms with Crippen LogP contribution in [0, 0.1) is 29.1 Å². The Morgan fingerprint density at radius 2 is 1.82 bits per heavy atom. The molecule has 0 aliphatic heterocycles. The molecule has 4 aliphatic carbocycles. The smallest absolute Gasteiger partial charge is 0.139 e. The Hall–Kier alpha value is -0.440. The highest BCUT2D eigenvalue weighted by Crippen LogP contribution is 2.64. The van der Waals surface area contributed by atoms with Crippen LogP contribution in [0.1, 0.15) is 71.6 Å². The van der Waals surface area contributed by atoms with Gasteiger partial charge in [-0.15, -0.1) is 0 Å². The lowest BCUT2D eigenvalue weighted by atomic mass is 9.48. The van der Waals surface area contributed by atoms with Crippen molar-refractivity contribution in [1.82, 2.24) is 0 Å². The molecule has 2 nitrogen and oxygen atoms in total. The zero-order chi connectivity index (χ0) is 15.8. The second kappa shape index (κ2) is 4.55. The third kappa shape index (κ3) is 1.90. The van der Waals surface area contributed by atoms with Gasteiger partial charge in [0.25, 0.3) is 0 Å². The van der Waals surface area contributed by atoms with E-state index in [2.05, 4.69) is 6.92 Å². The van der Waals surface area contributed by atoms with Crippen LogP contribution in [0.3, 0.4) is 0 Å². The summed E-state index contributed by atoms with van der Waals surface area (Å²) in [5.74, 6) is 1.40. The van der Waals surface area contributed by atoms with E-state index in [1.54, 1.807) is 0 Å². The van der Waals surface area contributed by atoms with Crippen LogP contribution in [0.5, 0.6) is 0 Å². The van der Waals surface area contributed by atoms with E-state index >= 15 is 4.39 Å². The van der Waals surface area contributed by atoms with Gasteiger partial charge in [-0.25, -0.2) is 4.39 Å². The van der Waals surface area contributed by atoms with Crippen molar-refractivity contribution in [2.24, 2.45) is 29.1 Å². The molecule has 0 spiro atoms. The zero-order valence-corrected chi connectivity index (χ0v) is 13.9. The Kier molecular flexibility index (Phi) is 3.13. The van der Waals surface area contributed by atoms with Crippen molar-refractivity contribution in [1.29, 1.82) is 0 Å². The van der Waals surface area contributed by atoms with Crippen LogP contribution in [-0.2, 0) is 4.79 Å². The van der Waals surface area contributed by atoms with Gasteiger partial charge in [0, 0.05) is 11.8 Å². The number of Topliss-reactive ketones (excluding diaryl/α,β-unsaturated/α-hetero) is 1. The molecular weight excluding hydrogens is 279 g/mol. The normalized spacial score (nSPS) is 57.9. The number of aliphatic hydroxyl groups is 1. The van der Waals surface area contributed by atoms with E-state index < -0.39 is 11.3 Å². The molecule has 0 amide bonds. The van der Waals surface area contributed by atoms with Crippen molar-refractivity contribution in [3.8, 4) is 0 Å². The van der Waals surface area contributed by atoms with Crippen molar-refractivity contribution in [2.75, 3.05) is 0 Å². The molecule has 0 aromatic heterocycles. The SMILES string of the molecule is C[C@@]1(O)CC[C@]2(F)C3CC[C@]4(C)C(=O)CC[C@H]4[C@@H]3CC[C@@H]2C1. The monoisotopic (exact) mass is 308 g/mol. The molecule has 1 N–H and O–H groups in total. The number of carbonyl (C=O) groups excluding carboxylic acids is 1. The van der Waals surface area contributed by atoms with Gasteiger partial charge in [-0.05, 0) is 82.0 Å². The van der Waals surface area contributed by atoms with Crippen molar-refractivity contribution in [2.45, 2.75) is 82.9 Å². The van der Waals surface area contributed by atoms with Gasteiger partial charge in [-0.3, -0.25) is 4.79 Å². The molecule has 1 unspecified atom stereocenters. The number of alkyl halides is 1. The summed E-state index contributed by atoms with van der Waals surface area (Å²) in [5.41, 5.74) is -1.93. The summed E-state index contributed by atoms with van der Waals surface area (Å²) in [6.07, 6.45) is 7.13.